The Balaban J connectivity index is 2.39. The van der Waals surface area contributed by atoms with Gasteiger partial charge >= 0.3 is 6.16 Å². The van der Waals surface area contributed by atoms with Gasteiger partial charge in [0.05, 0.1) is 13.7 Å². The van der Waals surface area contributed by atoms with Crippen molar-refractivity contribution in [3.63, 3.8) is 0 Å². The van der Waals surface area contributed by atoms with E-state index in [2.05, 4.69) is 45.5 Å². The van der Waals surface area contributed by atoms with Gasteiger partial charge in [-0.3, -0.25) is 0 Å². The highest BCUT2D eigenvalue weighted by molar-refractivity contribution is 6.74. The monoisotopic (exact) mass is 440 g/mol. The molecule has 0 aliphatic carbocycles. The van der Waals surface area contributed by atoms with Crippen LogP contribution in [0.3, 0.4) is 0 Å². The number of hydrogen-bond acceptors (Lipinski definition) is 7. The number of carbonyl (C=O) groups excluding carboxylic acids is 1. The molecule has 0 bridgehead atoms. The van der Waals surface area contributed by atoms with Gasteiger partial charge in [0.1, 0.15) is 18.0 Å². The molecule has 8 heteroatoms. The first kappa shape index (κ1) is 24.7. The summed E-state index contributed by atoms with van der Waals surface area (Å²) in [4.78, 5) is 11.8. The Kier molecular flexibility index (Phi) is 7.95. The number of allylic oxidation sites excluding steroid dienone is 1. The van der Waals surface area contributed by atoms with E-state index in [1.807, 2.05) is 26.0 Å². The zero-order chi connectivity index (χ0) is 22.7. The van der Waals surface area contributed by atoms with Gasteiger partial charge in [-0.1, -0.05) is 39.8 Å². The summed E-state index contributed by atoms with van der Waals surface area (Å²) in [6.45, 7) is 16.7. The third-order valence-electron chi connectivity index (χ3n) is 5.72. The fourth-order valence-electron chi connectivity index (χ4n) is 2.90. The first-order valence-corrected chi connectivity index (χ1v) is 13.3. The van der Waals surface area contributed by atoms with Crippen LogP contribution in [0.25, 0.3) is 0 Å². The second-order valence-corrected chi connectivity index (χ2v) is 13.8. The zero-order valence-corrected chi connectivity index (χ0v) is 20.7. The van der Waals surface area contributed by atoms with Crippen LogP contribution in [0.5, 0.6) is 5.75 Å². The van der Waals surface area contributed by atoms with Crippen molar-refractivity contribution < 1.29 is 32.6 Å². The van der Waals surface area contributed by atoms with Gasteiger partial charge in [-0.15, -0.1) is 0 Å². The fourth-order valence-corrected chi connectivity index (χ4v) is 3.83. The third-order valence-corrected chi connectivity index (χ3v) is 10.2. The number of hydrogen-bond donors (Lipinski definition) is 0. The smallest absolute Gasteiger partial charge is 0.456 e. The molecule has 0 saturated carbocycles. The van der Waals surface area contributed by atoms with Gasteiger partial charge in [0, 0.05) is 5.56 Å². The van der Waals surface area contributed by atoms with Crippen LogP contribution in [0.2, 0.25) is 18.1 Å². The van der Waals surface area contributed by atoms with Crippen molar-refractivity contribution in [3.8, 4) is 5.75 Å². The molecule has 1 fully saturated rings. The van der Waals surface area contributed by atoms with E-state index in [0.29, 0.717) is 22.8 Å². The maximum Gasteiger partial charge on any atom is 0.513 e. The number of furan rings is 1. The molecule has 7 nitrogen and oxygen atoms in total. The van der Waals surface area contributed by atoms with Crippen molar-refractivity contribution in [2.75, 3.05) is 7.11 Å². The lowest BCUT2D eigenvalue weighted by Crippen LogP contribution is -2.40. The first-order chi connectivity index (χ1) is 13.9. The lowest BCUT2D eigenvalue weighted by atomic mass is 10.1. The van der Waals surface area contributed by atoms with E-state index in [0.717, 1.165) is 6.42 Å². The summed E-state index contributed by atoms with van der Waals surface area (Å²) >= 11 is 0. The second kappa shape index (κ2) is 9.68. The van der Waals surface area contributed by atoms with E-state index in [9.17, 15) is 4.79 Å². The zero-order valence-electron chi connectivity index (χ0n) is 19.7. The Morgan fingerprint density at radius 3 is 2.47 bits per heavy atom. The van der Waals surface area contributed by atoms with E-state index in [1.54, 1.807) is 0 Å². The minimum atomic E-state index is -2.04. The topological polar surface area (TPSA) is 76.4 Å². The van der Waals surface area contributed by atoms with Crippen LogP contribution in [0.4, 0.5) is 4.79 Å². The molecule has 0 amide bonds. The Bertz CT molecular complexity index is 760. The molecular weight excluding hydrogens is 404 g/mol. The molecule has 2 rings (SSSR count). The molecule has 1 aromatic heterocycles. The quantitative estimate of drug-likeness (QED) is 0.291. The number of ether oxygens (including phenoxy) is 4. The number of methoxy groups -OCH3 is 1. The van der Waals surface area contributed by atoms with E-state index < -0.39 is 20.6 Å². The van der Waals surface area contributed by atoms with Crippen molar-refractivity contribution in [2.24, 2.45) is 0 Å². The Hall–Kier alpha value is -1.61. The van der Waals surface area contributed by atoms with Gasteiger partial charge in [0.15, 0.2) is 26.1 Å². The van der Waals surface area contributed by atoms with Gasteiger partial charge in [-0.25, -0.2) is 4.79 Å². The van der Waals surface area contributed by atoms with Crippen LogP contribution < -0.4 is 4.74 Å². The molecule has 0 aromatic carbocycles. The number of carbonyl (C=O) groups is 1. The van der Waals surface area contributed by atoms with E-state index >= 15 is 0 Å². The summed E-state index contributed by atoms with van der Waals surface area (Å²) in [5, 5.41) is 0.0364. The van der Waals surface area contributed by atoms with Crippen LogP contribution in [0.15, 0.2) is 16.6 Å². The maximum atomic E-state index is 11.8. The Labute approximate surface area is 180 Å². The third kappa shape index (κ3) is 5.54. The van der Waals surface area contributed by atoms with Gasteiger partial charge in [0.25, 0.3) is 0 Å². The summed E-state index contributed by atoms with van der Waals surface area (Å²) in [6.07, 6.45) is 2.99. The predicted octanol–water partition coefficient (Wildman–Crippen LogP) is 6.02. The summed E-state index contributed by atoms with van der Waals surface area (Å²) in [6, 6.07) is 0. The standard InChI is InChI=1S/C22H36O7Si/c1-10-11-12-16-20(27-15(3)26-16)19-14(2)18(29-21(23)24-7)17(28-19)13-25-30(8,9)22(4,5)6/h11-12,15-16,20H,10,13H2,1-9H3/b12-11-/t15?,16-,20-/m0/s1. The van der Waals surface area contributed by atoms with Crippen molar-refractivity contribution >= 4 is 14.5 Å². The molecule has 1 aliphatic heterocycles. The maximum absolute atomic E-state index is 11.8. The van der Waals surface area contributed by atoms with Gasteiger partial charge in [0.2, 0.25) is 0 Å². The molecule has 3 atom stereocenters. The second-order valence-electron chi connectivity index (χ2n) is 9.01. The van der Waals surface area contributed by atoms with Crippen LogP contribution in [-0.2, 0) is 25.2 Å². The van der Waals surface area contributed by atoms with Gasteiger partial charge < -0.3 is 27.8 Å². The highest BCUT2D eigenvalue weighted by Gasteiger charge is 2.40. The molecular formula is C22H36O7Si. The Morgan fingerprint density at radius 2 is 1.90 bits per heavy atom. The highest BCUT2D eigenvalue weighted by Crippen LogP contribution is 2.43. The molecule has 1 aliphatic rings. The van der Waals surface area contributed by atoms with Gasteiger partial charge in [-0.05, 0) is 38.4 Å². The first-order valence-electron chi connectivity index (χ1n) is 10.4. The molecule has 1 aromatic rings. The average molecular weight is 441 g/mol. The van der Waals surface area contributed by atoms with Crippen LogP contribution in [0, 0.1) is 6.92 Å². The predicted molar refractivity (Wildman–Crippen MR) is 116 cm³/mol. The van der Waals surface area contributed by atoms with Crippen LogP contribution >= 0.6 is 0 Å². The highest BCUT2D eigenvalue weighted by atomic mass is 28.4. The molecule has 170 valence electrons. The number of rotatable bonds is 7. The normalized spacial score (nSPS) is 22.6. The lowest BCUT2D eigenvalue weighted by Gasteiger charge is -2.35. The molecule has 1 unspecified atom stereocenters. The lowest BCUT2D eigenvalue weighted by molar-refractivity contribution is -0.0501. The van der Waals surface area contributed by atoms with Crippen molar-refractivity contribution in [2.45, 2.75) is 91.2 Å². The summed E-state index contributed by atoms with van der Waals surface area (Å²) in [5.41, 5.74) is 0.673. The summed E-state index contributed by atoms with van der Waals surface area (Å²) < 4.78 is 34.4. The summed E-state index contributed by atoms with van der Waals surface area (Å²) in [7, 11) is -0.770. The van der Waals surface area contributed by atoms with Gasteiger partial charge in [-0.2, -0.15) is 0 Å². The van der Waals surface area contributed by atoms with E-state index in [4.69, 9.17) is 23.1 Å². The fraction of sp³-hybridized carbons (Fsp3) is 0.682. The van der Waals surface area contributed by atoms with E-state index in [1.165, 1.54) is 7.11 Å². The molecule has 0 N–H and O–H groups in total. The molecule has 0 spiro atoms. The van der Waals surface area contributed by atoms with Crippen molar-refractivity contribution in [3.05, 3.63) is 29.2 Å². The van der Waals surface area contributed by atoms with Crippen molar-refractivity contribution in [1.29, 1.82) is 0 Å². The minimum Gasteiger partial charge on any atom is -0.456 e. The minimum absolute atomic E-state index is 0.0364. The largest absolute Gasteiger partial charge is 0.513 e. The molecule has 2 heterocycles. The SMILES string of the molecule is CC/C=C\[C@@H]1OC(C)O[C@@H]1c1oc(CO[Si](C)(C)C(C)(C)C)c(OC(=O)OC)c1C. The summed E-state index contributed by atoms with van der Waals surface area (Å²) in [5.74, 6) is 1.33. The molecule has 1 saturated heterocycles. The molecule has 0 radical (unpaired) electrons. The van der Waals surface area contributed by atoms with E-state index in [-0.39, 0.29) is 24.0 Å². The van der Waals surface area contributed by atoms with Crippen molar-refractivity contribution in [1.82, 2.24) is 0 Å². The van der Waals surface area contributed by atoms with Crippen LogP contribution in [-0.4, -0.2) is 34.0 Å². The Morgan fingerprint density at radius 1 is 1.23 bits per heavy atom. The van der Waals surface area contributed by atoms with Crippen LogP contribution in [0.1, 0.15) is 64.2 Å². The molecule has 30 heavy (non-hydrogen) atoms. The average Bonchev–Trinajstić information content (AvgIpc) is 3.17.